The zero-order valence-corrected chi connectivity index (χ0v) is 12.3. The van der Waals surface area contributed by atoms with E-state index in [-0.39, 0.29) is 11.2 Å². The molecule has 0 aromatic carbocycles. The summed E-state index contributed by atoms with van der Waals surface area (Å²) in [7, 11) is -3.80. The van der Waals surface area contributed by atoms with Crippen molar-refractivity contribution in [3.8, 4) is 0 Å². The highest BCUT2D eigenvalue weighted by Crippen LogP contribution is 2.35. The lowest BCUT2D eigenvalue weighted by molar-refractivity contribution is 0.431. The van der Waals surface area contributed by atoms with Gasteiger partial charge in [0.2, 0.25) is 0 Å². The highest BCUT2D eigenvalue weighted by Gasteiger charge is 2.21. The van der Waals surface area contributed by atoms with Gasteiger partial charge in [-0.3, -0.25) is 4.55 Å². The minimum absolute atomic E-state index is 0.131. The van der Waals surface area contributed by atoms with E-state index < -0.39 is 10.1 Å². The second-order valence-electron chi connectivity index (χ2n) is 5.68. The molecule has 4 heteroatoms. The van der Waals surface area contributed by atoms with Gasteiger partial charge in [0.05, 0.1) is 5.75 Å². The smallest absolute Gasteiger partial charge is 0.264 e. The van der Waals surface area contributed by atoms with Crippen LogP contribution >= 0.6 is 0 Å². The Hall–Kier alpha value is -0.610. The van der Waals surface area contributed by atoms with Crippen LogP contribution in [0.5, 0.6) is 0 Å². The molecule has 18 heavy (non-hydrogen) atoms. The standard InChI is InChI=1S/C14H24O3S/c1-4-14(2,3)13-9-7-12(8-10-13)6-5-11-18(15,16)17/h7,9-10,12H,4-6,8,11H2,1-3H3,(H,15,16,17). The van der Waals surface area contributed by atoms with Gasteiger partial charge in [0.25, 0.3) is 10.1 Å². The molecule has 0 bridgehead atoms. The summed E-state index contributed by atoms with van der Waals surface area (Å²) in [5.41, 5.74) is 1.59. The lowest BCUT2D eigenvalue weighted by atomic mass is 9.77. The largest absolute Gasteiger partial charge is 0.286 e. The predicted molar refractivity (Wildman–Crippen MR) is 75.1 cm³/mol. The first-order valence-electron chi connectivity index (χ1n) is 6.58. The fourth-order valence-electron chi connectivity index (χ4n) is 2.11. The molecule has 0 spiro atoms. The maximum atomic E-state index is 10.6. The van der Waals surface area contributed by atoms with Gasteiger partial charge in [0.15, 0.2) is 0 Å². The number of allylic oxidation sites excluding steroid dienone is 4. The van der Waals surface area contributed by atoms with Gasteiger partial charge in [-0.25, -0.2) is 0 Å². The maximum absolute atomic E-state index is 10.6. The average molecular weight is 272 g/mol. The van der Waals surface area contributed by atoms with Gasteiger partial charge in [0, 0.05) is 0 Å². The quantitative estimate of drug-likeness (QED) is 0.752. The van der Waals surface area contributed by atoms with E-state index in [1.54, 1.807) is 0 Å². The van der Waals surface area contributed by atoms with E-state index in [9.17, 15) is 8.42 Å². The summed E-state index contributed by atoms with van der Waals surface area (Å²) in [6.45, 7) is 6.66. The molecule has 0 amide bonds. The molecule has 0 saturated carbocycles. The molecule has 0 aromatic heterocycles. The van der Waals surface area contributed by atoms with E-state index in [4.69, 9.17) is 4.55 Å². The van der Waals surface area contributed by atoms with Crippen molar-refractivity contribution in [3.05, 3.63) is 23.8 Å². The van der Waals surface area contributed by atoms with Crippen LogP contribution in [-0.2, 0) is 10.1 Å². The molecule has 0 fully saturated rings. The molecular formula is C14H24O3S. The molecule has 1 N–H and O–H groups in total. The van der Waals surface area contributed by atoms with Crippen molar-refractivity contribution in [2.75, 3.05) is 5.75 Å². The van der Waals surface area contributed by atoms with Crippen LogP contribution in [0, 0.1) is 11.3 Å². The molecule has 104 valence electrons. The van der Waals surface area contributed by atoms with E-state index in [0.29, 0.717) is 12.3 Å². The number of rotatable bonds is 6. The minimum Gasteiger partial charge on any atom is -0.286 e. The average Bonchev–Trinajstić information content (AvgIpc) is 2.28. The maximum Gasteiger partial charge on any atom is 0.264 e. The molecular weight excluding hydrogens is 248 g/mol. The second kappa shape index (κ2) is 6.02. The van der Waals surface area contributed by atoms with E-state index in [2.05, 4.69) is 39.0 Å². The van der Waals surface area contributed by atoms with Gasteiger partial charge in [-0.2, -0.15) is 8.42 Å². The summed E-state index contributed by atoms with van der Waals surface area (Å²) in [4.78, 5) is 0. The summed E-state index contributed by atoms with van der Waals surface area (Å²) in [5, 5.41) is 0. The Morgan fingerprint density at radius 1 is 1.44 bits per heavy atom. The topological polar surface area (TPSA) is 54.4 Å². The van der Waals surface area contributed by atoms with E-state index in [0.717, 1.165) is 19.3 Å². The summed E-state index contributed by atoms with van der Waals surface area (Å²) in [6, 6.07) is 0. The first-order valence-corrected chi connectivity index (χ1v) is 8.19. The number of hydrogen-bond donors (Lipinski definition) is 1. The normalized spacial score (nSPS) is 20.9. The van der Waals surface area contributed by atoms with Gasteiger partial charge in [-0.05, 0) is 42.6 Å². The lowest BCUT2D eigenvalue weighted by Crippen LogP contribution is -2.15. The third-order valence-electron chi connectivity index (χ3n) is 3.83. The molecule has 1 atom stereocenters. The van der Waals surface area contributed by atoms with Crippen LogP contribution in [0.2, 0.25) is 0 Å². The Morgan fingerprint density at radius 3 is 2.56 bits per heavy atom. The molecule has 0 aromatic rings. The van der Waals surface area contributed by atoms with Crippen molar-refractivity contribution in [2.24, 2.45) is 11.3 Å². The van der Waals surface area contributed by atoms with E-state index in [1.165, 1.54) is 5.57 Å². The third kappa shape index (κ3) is 4.94. The Balaban J connectivity index is 2.43. The molecule has 0 radical (unpaired) electrons. The minimum atomic E-state index is -3.80. The van der Waals surface area contributed by atoms with Gasteiger partial charge < -0.3 is 0 Å². The summed E-state index contributed by atoms with van der Waals surface area (Å²) in [5.74, 6) is 0.275. The van der Waals surface area contributed by atoms with E-state index in [1.807, 2.05) is 0 Å². The summed E-state index contributed by atoms with van der Waals surface area (Å²) >= 11 is 0. The second-order valence-corrected chi connectivity index (χ2v) is 7.25. The third-order valence-corrected chi connectivity index (χ3v) is 4.64. The van der Waals surface area contributed by atoms with Crippen LogP contribution in [0.4, 0.5) is 0 Å². The van der Waals surface area contributed by atoms with Crippen LogP contribution in [0.25, 0.3) is 0 Å². The van der Waals surface area contributed by atoms with Crippen molar-refractivity contribution in [1.29, 1.82) is 0 Å². The van der Waals surface area contributed by atoms with Gasteiger partial charge in [0.1, 0.15) is 0 Å². The van der Waals surface area contributed by atoms with Gasteiger partial charge >= 0.3 is 0 Å². The van der Waals surface area contributed by atoms with Crippen molar-refractivity contribution in [1.82, 2.24) is 0 Å². The first kappa shape index (κ1) is 15.4. The number of hydrogen-bond acceptors (Lipinski definition) is 2. The Labute approximate surface area is 111 Å². The molecule has 1 rings (SSSR count). The van der Waals surface area contributed by atoms with Crippen LogP contribution in [0.3, 0.4) is 0 Å². The monoisotopic (exact) mass is 272 g/mol. The molecule has 3 nitrogen and oxygen atoms in total. The van der Waals surface area contributed by atoms with E-state index >= 15 is 0 Å². The summed E-state index contributed by atoms with van der Waals surface area (Å²) < 4.78 is 29.9. The predicted octanol–water partition coefficient (Wildman–Crippen LogP) is 3.59. The van der Waals surface area contributed by atoms with Gasteiger partial charge in [-0.1, -0.05) is 39.0 Å². The van der Waals surface area contributed by atoms with Crippen LogP contribution in [0.1, 0.15) is 46.5 Å². The van der Waals surface area contributed by atoms with Crippen LogP contribution in [-0.4, -0.2) is 18.7 Å². The zero-order valence-electron chi connectivity index (χ0n) is 11.5. The molecule has 1 unspecified atom stereocenters. The SMILES string of the molecule is CCC(C)(C)C1=CCC(CCCS(=O)(=O)O)C=C1. The fraction of sp³-hybridized carbons (Fsp3) is 0.714. The van der Waals surface area contributed by atoms with Crippen molar-refractivity contribution in [3.63, 3.8) is 0 Å². The van der Waals surface area contributed by atoms with Crippen molar-refractivity contribution in [2.45, 2.75) is 46.5 Å². The molecule has 1 aliphatic carbocycles. The van der Waals surface area contributed by atoms with Crippen molar-refractivity contribution < 1.29 is 13.0 Å². The summed E-state index contributed by atoms with van der Waals surface area (Å²) in [6.07, 6.45) is 10.0. The highest BCUT2D eigenvalue weighted by atomic mass is 32.2. The Morgan fingerprint density at radius 2 is 2.11 bits per heavy atom. The molecule has 0 aliphatic heterocycles. The fourth-order valence-corrected chi connectivity index (χ4v) is 2.64. The molecule has 0 heterocycles. The Kier molecular flexibility index (Phi) is 5.17. The molecule has 1 aliphatic rings. The molecule has 0 saturated heterocycles. The lowest BCUT2D eigenvalue weighted by Gasteiger charge is -2.28. The first-order chi connectivity index (χ1) is 8.24. The van der Waals surface area contributed by atoms with Gasteiger partial charge in [-0.15, -0.1) is 0 Å². The Bertz CT molecular complexity index is 430. The highest BCUT2D eigenvalue weighted by molar-refractivity contribution is 7.85. The van der Waals surface area contributed by atoms with Crippen LogP contribution < -0.4 is 0 Å². The zero-order chi connectivity index (χ0) is 13.8. The van der Waals surface area contributed by atoms with Crippen LogP contribution in [0.15, 0.2) is 23.8 Å². The van der Waals surface area contributed by atoms with Crippen molar-refractivity contribution >= 4 is 10.1 Å².